The molecule has 0 bridgehead atoms. The normalized spacial score (nSPS) is 18.8. The Morgan fingerprint density at radius 3 is 2.79 bits per heavy atom. The van der Waals surface area contributed by atoms with E-state index in [4.69, 9.17) is 0 Å². The van der Waals surface area contributed by atoms with E-state index in [1.165, 1.54) is 0 Å². The van der Waals surface area contributed by atoms with Crippen molar-refractivity contribution in [3.05, 3.63) is 29.8 Å². The Morgan fingerprint density at radius 1 is 1.47 bits per heavy atom. The molecule has 0 aliphatic carbocycles. The second-order valence-electron chi connectivity index (χ2n) is 4.94. The number of anilines is 1. The summed E-state index contributed by atoms with van der Waals surface area (Å²) < 4.78 is 0. The van der Waals surface area contributed by atoms with Crippen molar-refractivity contribution in [2.24, 2.45) is 0 Å². The summed E-state index contributed by atoms with van der Waals surface area (Å²) in [5.74, 6) is 0.182. The molecule has 1 aromatic carbocycles. The molecule has 0 radical (unpaired) electrons. The van der Waals surface area contributed by atoms with E-state index in [-0.39, 0.29) is 16.6 Å². The maximum atomic E-state index is 11.8. The van der Waals surface area contributed by atoms with E-state index in [0.29, 0.717) is 19.4 Å². The third kappa shape index (κ3) is 3.35. The molecule has 4 nitrogen and oxygen atoms in total. The highest BCUT2D eigenvalue weighted by Gasteiger charge is 2.28. The van der Waals surface area contributed by atoms with Crippen molar-refractivity contribution in [1.29, 1.82) is 0 Å². The van der Waals surface area contributed by atoms with Gasteiger partial charge in [-0.15, -0.1) is 0 Å². The highest BCUT2D eigenvalue weighted by atomic mass is 79.9. The highest BCUT2D eigenvalue weighted by molar-refractivity contribution is 9.09. The zero-order chi connectivity index (χ0) is 14.0. The van der Waals surface area contributed by atoms with Crippen LogP contribution in [-0.2, 0) is 16.0 Å². The molecule has 0 saturated carbocycles. The second kappa shape index (κ2) is 5.74. The van der Waals surface area contributed by atoms with E-state index in [1.54, 1.807) is 23.9 Å². The van der Waals surface area contributed by atoms with Gasteiger partial charge >= 0.3 is 0 Å². The smallest absolute Gasteiger partial charge is 0.228 e. The minimum atomic E-state index is 0.0586. The molecule has 1 fully saturated rings. The lowest BCUT2D eigenvalue weighted by molar-refractivity contribution is -0.128. The van der Waals surface area contributed by atoms with Crippen LogP contribution in [0.5, 0.6) is 0 Å². The minimum Gasteiger partial charge on any atom is -0.349 e. The molecule has 1 atom stereocenters. The fourth-order valence-corrected chi connectivity index (χ4v) is 2.65. The number of hydrogen-bond acceptors (Lipinski definition) is 2. The summed E-state index contributed by atoms with van der Waals surface area (Å²) in [6.45, 7) is 0.684. The van der Waals surface area contributed by atoms with Crippen LogP contribution in [-0.4, -0.2) is 42.2 Å². The number of alkyl halides is 1. The van der Waals surface area contributed by atoms with Gasteiger partial charge in [-0.2, -0.15) is 0 Å². The Bertz CT molecular complexity index is 502. The third-order valence-corrected chi connectivity index (χ3v) is 3.77. The van der Waals surface area contributed by atoms with Crippen molar-refractivity contribution in [3.63, 3.8) is 0 Å². The maximum absolute atomic E-state index is 11.8. The lowest BCUT2D eigenvalue weighted by atomic mass is 10.1. The van der Waals surface area contributed by atoms with Gasteiger partial charge in [0.25, 0.3) is 0 Å². The van der Waals surface area contributed by atoms with Crippen LogP contribution in [0.3, 0.4) is 0 Å². The first-order valence-electron chi connectivity index (χ1n) is 6.21. The summed E-state index contributed by atoms with van der Waals surface area (Å²) in [6.07, 6.45) is 0.890. The van der Waals surface area contributed by atoms with E-state index in [0.717, 1.165) is 11.3 Å². The van der Waals surface area contributed by atoms with Crippen LogP contribution in [0.25, 0.3) is 0 Å². The number of hydrogen-bond donors (Lipinski definition) is 0. The second-order valence-corrected chi connectivity index (χ2v) is 6.24. The predicted octanol–water partition coefficient (Wildman–Crippen LogP) is 1.82. The number of nitrogens with zero attached hydrogens (tertiary/aromatic N) is 2. The molecule has 0 spiro atoms. The number of benzene rings is 1. The summed E-state index contributed by atoms with van der Waals surface area (Å²) in [7, 11) is 3.48. The molecule has 1 aliphatic heterocycles. The van der Waals surface area contributed by atoms with Gasteiger partial charge in [-0.25, -0.2) is 0 Å². The predicted molar refractivity (Wildman–Crippen MR) is 78.5 cm³/mol. The zero-order valence-corrected chi connectivity index (χ0v) is 12.7. The Kier molecular flexibility index (Phi) is 4.24. The lowest BCUT2D eigenvalue weighted by Gasteiger charge is -2.17. The molecular formula is C14H17BrN2O2. The molecular weight excluding hydrogens is 308 g/mol. The van der Waals surface area contributed by atoms with Crippen LogP contribution < -0.4 is 4.90 Å². The van der Waals surface area contributed by atoms with Crippen LogP contribution in [0.1, 0.15) is 12.0 Å². The molecule has 5 heteroatoms. The van der Waals surface area contributed by atoms with Gasteiger partial charge in [0, 0.05) is 37.6 Å². The number of carbonyl (C=O) groups is 2. The zero-order valence-electron chi connectivity index (χ0n) is 11.1. The quantitative estimate of drug-likeness (QED) is 0.796. The van der Waals surface area contributed by atoms with Crippen molar-refractivity contribution in [2.45, 2.75) is 17.7 Å². The number of amides is 2. The fourth-order valence-electron chi connectivity index (χ4n) is 2.08. The Balaban J connectivity index is 2.15. The number of halogens is 1. The van der Waals surface area contributed by atoms with Crippen LogP contribution in [0, 0.1) is 0 Å². The third-order valence-electron chi connectivity index (χ3n) is 3.15. The molecule has 1 aliphatic rings. The Labute approximate surface area is 121 Å². The van der Waals surface area contributed by atoms with Gasteiger partial charge in [0.05, 0.1) is 6.42 Å². The molecule has 19 heavy (non-hydrogen) atoms. The molecule has 1 unspecified atom stereocenters. The van der Waals surface area contributed by atoms with Crippen molar-refractivity contribution in [3.8, 4) is 0 Å². The summed E-state index contributed by atoms with van der Waals surface area (Å²) in [6, 6.07) is 7.64. The molecule has 1 heterocycles. The van der Waals surface area contributed by atoms with Crippen molar-refractivity contribution in [1.82, 2.24) is 4.90 Å². The van der Waals surface area contributed by atoms with Crippen molar-refractivity contribution in [2.75, 3.05) is 25.5 Å². The summed E-state index contributed by atoms with van der Waals surface area (Å²) in [5, 5.41) is 0. The molecule has 1 saturated heterocycles. The molecule has 0 N–H and O–H groups in total. The van der Waals surface area contributed by atoms with Crippen molar-refractivity contribution < 1.29 is 9.59 Å². The molecule has 1 aromatic rings. The van der Waals surface area contributed by atoms with E-state index in [1.807, 2.05) is 24.3 Å². The van der Waals surface area contributed by atoms with Crippen LogP contribution in [0.15, 0.2) is 24.3 Å². The SMILES string of the molecule is CN(C)C(=O)Cc1cccc(N2CC(Br)CC2=O)c1. The van der Waals surface area contributed by atoms with Gasteiger partial charge in [-0.3, -0.25) is 9.59 Å². The van der Waals surface area contributed by atoms with E-state index >= 15 is 0 Å². The first kappa shape index (κ1) is 14.1. The summed E-state index contributed by atoms with van der Waals surface area (Å²) in [5.41, 5.74) is 1.80. The topological polar surface area (TPSA) is 40.6 Å². The standard InChI is InChI=1S/C14H17BrN2O2/c1-16(2)13(18)7-10-4-3-5-12(6-10)17-9-11(15)8-14(17)19/h3-6,11H,7-9H2,1-2H3. The summed E-state index contributed by atoms with van der Waals surface area (Å²) >= 11 is 3.47. The lowest BCUT2D eigenvalue weighted by Crippen LogP contribution is -2.25. The first-order valence-corrected chi connectivity index (χ1v) is 7.12. The molecule has 2 amide bonds. The minimum absolute atomic E-state index is 0.0586. The average molecular weight is 325 g/mol. The van der Waals surface area contributed by atoms with Gasteiger partial charge in [0.1, 0.15) is 0 Å². The Hall–Kier alpha value is -1.36. The maximum Gasteiger partial charge on any atom is 0.228 e. The van der Waals surface area contributed by atoms with Crippen molar-refractivity contribution >= 4 is 33.4 Å². The van der Waals surface area contributed by atoms with Gasteiger partial charge in [-0.1, -0.05) is 28.1 Å². The van der Waals surface area contributed by atoms with Gasteiger partial charge in [0.15, 0.2) is 0 Å². The highest BCUT2D eigenvalue weighted by Crippen LogP contribution is 2.25. The fraction of sp³-hybridized carbons (Fsp3) is 0.429. The van der Waals surface area contributed by atoms with E-state index in [9.17, 15) is 9.59 Å². The average Bonchev–Trinajstić information content (AvgIpc) is 2.68. The van der Waals surface area contributed by atoms with E-state index < -0.39 is 0 Å². The molecule has 2 rings (SSSR count). The molecule has 102 valence electrons. The van der Waals surface area contributed by atoms with Gasteiger partial charge in [-0.05, 0) is 17.7 Å². The number of carbonyl (C=O) groups excluding carboxylic acids is 2. The monoisotopic (exact) mass is 324 g/mol. The van der Waals surface area contributed by atoms with Gasteiger partial charge < -0.3 is 9.80 Å². The van der Waals surface area contributed by atoms with Crippen LogP contribution >= 0.6 is 15.9 Å². The molecule has 0 aromatic heterocycles. The van der Waals surface area contributed by atoms with Crippen LogP contribution in [0.4, 0.5) is 5.69 Å². The number of likely N-dealkylation sites (N-methyl/N-ethyl adjacent to an activating group) is 1. The van der Waals surface area contributed by atoms with E-state index in [2.05, 4.69) is 15.9 Å². The summed E-state index contributed by atoms with van der Waals surface area (Å²) in [4.78, 5) is 27.1. The first-order chi connectivity index (χ1) is 8.97. The number of rotatable bonds is 3. The Morgan fingerprint density at radius 2 is 2.21 bits per heavy atom. The van der Waals surface area contributed by atoms with Crippen LogP contribution in [0.2, 0.25) is 0 Å². The van der Waals surface area contributed by atoms with Gasteiger partial charge in [0.2, 0.25) is 11.8 Å². The largest absolute Gasteiger partial charge is 0.349 e.